The maximum absolute atomic E-state index is 12.8. The van der Waals surface area contributed by atoms with Crippen molar-refractivity contribution in [3.63, 3.8) is 0 Å². The van der Waals surface area contributed by atoms with E-state index in [9.17, 15) is 4.79 Å². The Labute approximate surface area is 156 Å². The third-order valence-electron chi connectivity index (χ3n) is 4.44. The molecule has 0 atom stereocenters. The number of thiazole rings is 1. The van der Waals surface area contributed by atoms with E-state index in [4.69, 9.17) is 4.74 Å². The molecule has 0 saturated heterocycles. The predicted octanol–water partition coefficient (Wildman–Crippen LogP) is 3.23. The molecule has 0 aliphatic carbocycles. The second-order valence-corrected chi connectivity index (χ2v) is 7.35. The van der Waals surface area contributed by atoms with Gasteiger partial charge in [-0.2, -0.15) is 10.1 Å². The molecule has 2 aromatic heterocycles. The molecule has 0 fully saturated rings. The van der Waals surface area contributed by atoms with Crippen LogP contribution in [0.25, 0.3) is 10.2 Å². The van der Waals surface area contributed by atoms with E-state index in [-0.39, 0.29) is 5.91 Å². The van der Waals surface area contributed by atoms with Crippen LogP contribution < -0.4 is 4.80 Å². The molecule has 3 rings (SSSR count). The van der Waals surface area contributed by atoms with Crippen molar-refractivity contribution in [2.24, 2.45) is 4.99 Å². The second-order valence-electron chi connectivity index (χ2n) is 6.34. The molecule has 6 nitrogen and oxygen atoms in total. The summed E-state index contributed by atoms with van der Waals surface area (Å²) >= 11 is 1.53. The summed E-state index contributed by atoms with van der Waals surface area (Å²) < 4.78 is 10.1. The highest BCUT2D eigenvalue weighted by Crippen LogP contribution is 2.22. The van der Waals surface area contributed by atoms with Crippen molar-refractivity contribution in [2.45, 2.75) is 40.8 Å². The van der Waals surface area contributed by atoms with Crippen LogP contribution in [0.15, 0.2) is 23.2 Å². The molecule has 0 unspecified atom stereocenters. The lowest BCUT2D eigenvalue weighted by Gasteiger charge is -2.06. The van der Waals surface area contributed by atoms with Gasteiger partial charge in [-0.05, 0) is 57.0 Å². The molecule has 0 spiro atoms. The summed E-state index contributed by atoms with van der Waals surface area (Å²) in [7, 11) is 1.68. The molecule has 0 saturated carbocycles. The fourth-order valence-corrected chi connectivity index (χ4v) is 4.04. The first-order valence-electron chi connectivity index (χ1n) is 8.67. The first kappa shape index (κ1) is 18.5. The van der Waals surface area contributed by atoms with E-state index in [1.54, 1.807) is 17.9 Å². The lowest BCUT2D eigenvalue weighted by Crippen LogP contribution is -2.20. The molecule has 0 radical (unpaired) electrons. The minimum Gasteiger partial charge on any atom is -0.383 e. The van der Waals surface area contributed by atoms with Crippen molar-refractivity contribution in [1.29, 1.82) is 0 Å². The van der Waals surface area contributed by atoms with Gasteiger partial charge in [0, 0.05) is 20.2 Å². The van der Waals surface area contributed by atoms with Crippen LogP contribution in [-0.4, -0.2) is 34.0 Å². The van der Waals surface area contributed by atoms with Gasteiger partial charge in [0.2, 0.25) is 0 Å². The number of carbonyl (C=O) groups excluding carboxylic acids is 1. The van der Waals surface area contributed by atoms with Crippen LogP contribution in [0.1, 0.15) is 34.2 Å². The Balaban J connectivity index is 2.15. The third kappa shape index (κ3) is 3.50. The Morgan fingerprint density at radius 2 is 1.96 bits per heavy atom. The Morgan fingerprint density at radius 3 is 2.65 bits per heavy atom. The average molecular weight is 372 g/mol. The Hall–Kier alpha value is -2.25. The standard InChI is InChI=1S/C19H24N4O2S/c1-6-23-16(11-14(4)21-23)18(24)20-19-22(7-8-25-5)15-9-12(2)13(3)10-17(15)26-19/h9-11H,6-8H2,1-5H3. The highest BCUT2D eigenvalue weighted by atomic mass is 32.1. The van der Waals surface area contributed by atoms with Crippen molar-refractivity contribution in [3.8, 4) is 0 Å². The van der Waals surface area contributed by atoms with Crippen LogP contribution in [0, 0.1) is 20.8 Å². The van der Waals surface area contributed by atoms with E-state index >= 15 is 0 Å². The molecule has 1 aromatic carbocycles. The minimum atomic E-state index is -0.265. The zero-order valence-electron chi connectivity index (χ0n) is 15.9. The number of rotatable bonds is 5. The number of methoxy groups -OCH3 is 1. The Bertz CT molecular complexity index is 1030. The number of hydrogen-bond acceptors (Lipinski definition) is 4. The highest BCUT2D eigenvalue weighted by molar-refractivity contribution is 7.16. The summed E-state index contributed by atoms with van der Waals surface area (Å²) in [5, 5.41) is 4.34. The molecule has 3 aromatic rings. The third-order valence-corrected chi connectivity index (χ3v) is 5.48. The normalized spacial score (nSPS) is 12.3. The van der Waals surface area contributed by atoms with Gasteiger partial charge in [-0.25, -0.2) is 0 Å². The van der Waals surface area contributed by atoms with Gasteiger partial charge < -0.3 is 9.30 Å². The molecule has 138 valence electrons. The lowest BCUT2D eigenvalue weighted by molar-refractivity contribution is 0.0987. The number of ether oxygens (including phenoxy) is 1. The molecule has 2 heterocycles. The van der Waals surface area contributed by atoms with E-state index in [0.29, 0.717) is 30.2 Å². The van der Waals surface area contributed by atoms with E-state index < -0.39 is 0 Å². The monoisotopic (exact) mass is 372 g/mol. The number of hydrogen-bond donors (Lipinski definition) is 0. The van der Waals surface area contributed by atoms with Gasteiger partial charge >= 0.3 is 0 Å². The Morgan fingerprint density at radius 1 is 1.23 bits per heavy atom. The van der Waals surface area contributed by atoms with Crippen LogP contribution in [-0.2, 0) is 17.8 Å². The fourth-order valence-electron chi connectivity index (χ4n) is 2.91. The van der Waals surface area contributed by atoms with Gasteiger partial charge in [0.05, 0.1) is 22.5 Å². The molecule has 0 bridgehead atoms. The van der Waals surface area contributed by atoms with E-state index in [1.807, 2.05) is 13.8 Å². The SMILES string of the molecule is CCn1nc(C)cc1C(=O)N=c1sc2cc(C)c(C)cc2n1CCOC. The summed E-state index contributed by atoms with van der Waals surface area (Å²) in [6.07, 6.45) is 0. The minimum absolute atomic E-state index is 0.265. The smallest absolute Gasteiger partial charge is 0.297 e. The number of fused-ring (bicyclic) bond motifs is 1. The first-order valence-corrected chi connectivity index (χ1v) is 9.49. The van der Waals surface area contributed by atoms with Crippen LogP contribution >= 0.6 is 11.3 Å². The second kappa shape index (κ2) is 7.55. The van der Waals surface area contributed by atoms with Crippen molar-refractivity contribution < 1.29 is 9.53 Å². The maximum atomic E-state index is 12.8. The number of aromatic nitrogens is 3. The van der Waals surface area contributed by atoms with Gasteiger partial charge in [-0.3, -0.25) is 9.48 Å². The number of nitrogens with zero attached hydrogens (tertiary/aromatic N) is 4. The zero-order chi connectivity index (χ0) is 18.8. The van der Waals surface area contributed by atoms with Gasteiger partial charge in [-0.15, -0.1) is 0 Å². The largest absolute Gasteiger partial charge is 0.383 e. The molecule has 7 heteroatoms. The molecule has 0 aliphatic heterocycles. The number of amides is 1. The van der Waals surface area contributed by atoms with Crippen molar-refractivity contribution in [1.82, 2.24) is 14.3 Å². The average Bonchev–Trinajstić information content (AvgIpc) is 3.13. The van der Waals surface area contributed by atoms with Crippen LogP contribution in [0.5, 0.6) is 0 Å². The van der Waals surface area contributed by atoms with Crippen LogP contribution in [0.4, 0.5) is 0 Å². The summed E-state index contributed by atoms with van der Waals surface area (Å²) in [6, 6.07) is 6.10. The Kier molecular flexibility index (Phi) is 5.38. The predicted molar refractivity (Wildman–Crippen MR) is 104 cm³/mol. The van der Waals surface area contributed by atoms with Crippen molar-refractivity contribution in [3.05, 3.63) is 45.5 Å². The summed E-state index contributed by atoms with van der Waals surface area (Å²) in [4.78, 5) is 17.9. The summed E-state index contributed by atoms with van der Waals surface area (Å²) in [5.41, 5.74) is 4.88. The number of benzene rings is 1. The topological polar surface area (TPSA) is 61.4 Å². The van der Waals surface area contributed by atoms with E-state index in [2.05, 4.69) is 40.6 Å². The van der Waals surface area contributed by atoms with Gasteiger partial charge in [0.25, 0.3) is 5.91 Å². The highest BCUT2D eigenvalue weighted by Gasteiger charge is 2.14. The van der Waals surface area contributed by atoms with E-state index in [1.165, 1.54) is 22.5 Å². The molecular weight excluding hydrogens is 348 g/mol. The molecule has 26 heavy (non-hydrogen) atoms. The molecule has 0 N–H and O–H groups in total. The number of carbonyl (C=O) groups is 1. The lowest BCUT2D eigenvalue weighted by atomic mass is 10.1. The van der Waals surface area contributed by atoms with Gasteiger partial charge in [-0.1, -0.05) is 11.3 Å². The van der Waals surface area contributed by atoms with Crippen LogP contribution in [0.2, 0.25) is 0 Å². The van der Waals surface area contributed by atoms with Crippen molar-refractivity contribution >= 4 is 27.5 Å². The number of aryl methyl sites for hydroxylation is 4. The zero-order valence-corrected chi connectivity index (χ0v) is 16.7. The quantitative estimate of drug-likeness (QED) is 0.691. The van der Waals surface area contributed by atoms with Crippen LogP contribution in [0.3, 0.4) is 0 Å². The first-order chi connectivity index (χ1) is 12.4. The van der Waals surface area contributed by atoms with Gasteiger partial charge in [0.15, 0.2) is 4.80 Å². The van der Waals surface area contributed by atoms with E-state index in [0.717, 1.165) is 15.9 Å². The van der Waals surface area contributed by atoms with Crippen molar-refractivity contribution in [2.75, 3.05) is 13.7 Å². The summed E-state index contributed by atoms with van der Waals surface area (Å²) in [5.74, 6) is -0.265. The fraction of sp³-hybridized carbons (Fsp3) is 0.421. The molecule has 0 aliphatic rings. The van der Waals surface area contributed by atoms with Gasteiger partial charge in [0.1, 0.15) is 5.69 Å². The summed E-state index contributed by atoms with van der Waals surface area (Å²) in [6.45, 7) is 9.89. The molecular formula is C19H24N4O2S. The maximum Gasteiger partial charge on any atom is 0.297 e. The molecule has 1 amide bonds.